The number of nitrogens with one attached hydrogen (secondary N) is 1. The second-order valence-corrected chi connectivity index (χ2v) is 8.05. The van der Waals surface area contributed by atoms with Crippen molar-refractivity contribution >= 4 is 38.0 Å². The molecule has 0 atom stereocenters. The monoisotopic (exact) mass is 448 g/mol. The summed E-state index contributed by atoms with van der Waals surface area (Å²) in [5.74, 6) is 0.871. The molecular formula is C16H22Br2N2O3. The van der Waals surface area contributed by atoms with Crippen molar-refractivity contribution in [3.05, 3.63) is 32.6 Å². The first-order valence-corrected chi connectivity index (χ1v) is 9.13. The second-order valence-electron chi connectivity index (χ2n) is 6.48. The number of nitrogens with zero attached hydrogens (tertiary/aromatic N) is 1. The van der Waals surface area contributed by atoms with E-state index in [0.717, 1.165) is 23.2 Å². The van der Waals surface area contributed by atoms with Gasteiger partial charge in [-0.1, -0.05) is 11.6 Å². The van der Waals surface area contributed by atoms with Crippen molar-refractivity contribution in [2.24, 2.45) is 0 Å². The Labute approximate surface area is 153 Å². The largest absolute Gasteiger partial charge is 0.452 e. The van der Waals surface area contributed by atoms with Gasteiger partial charge in [-0.2, -0.15) is 0 Å². The van der Waals surface area contributed by atoms with Crippen LogP contribution >= 0.6 is 31.9 Å². The van der Waals surface area contributed by atoms with E-state index in [0.29, 0.717) is 24.3 Å². The van der Waals surface area contributed by atoms with Gasteiger partial charge in [-0.05, 0) is 65.1 Å². The Morgan fingerprint density at radius 3 is 2.65 bits per heavy atom. The van der Waals surface area contributed by atoms with Gasteiger partial charge in [0.2, 0.25) is 0 Å². The van der Waals surface area contributed by atoms with Gasteiger partial charge in [0, 0.05) is 19.6 Å². The summed E-state index contributed by atoms with van der Waals surface area (Å²) in [6, 6.07) is 1.94. The zero-order valence-corrected chi connectivity index (χ0v) is 16.8. The number of halogens is 2. The van der Waals surface area contributed by atoms with E-state index in [9.17, 15) is 4.79 Å². The summed E-state index contributed by atoms with van der Waals surface area (Å²) in [5, 5.41) is 3.36. The fourth-order valence-electron chi connectivity index (χ4n) is 2.19. The molecule has 0 unspecified atom stereocenters. The maximum absolute atomic E-state index is 12.0. The highest BCUT2D eigenvalue weighted by atomic mass is 79.9. The number of ether oxygens (including phenoxy) is 1. The van der Waals surface area contributed by atoms with Gasteiger partial charge < -0.3 is 19.4 Å². The van der Waals surface area contributed by atoms with Crippen molar-refractivity contribution in [2.75, 3.05) is 19.6 Å². The average molecular weight is 450 g/mol. The second kappa shape index (κ2) is 7.85. The van der Waals surface area contributed by atoms with Crippen molar-refractivity contribution < 1.29 is 13.9 Å². The maximum Gasteiger partial charge on any atom is 0.410 e. The van der Waals surface area contributed by atoms with Crippen LogP contribution in [-0.4, -0.2) is 36.2 Å². The SMILES string of the molecule is CC(C)(C)OC(=O)N1CC=C(CNCc2cc(Br)c(Br)o2)CC1. The van der Waals surface area contributed by atoms with Crippen molar-refractivity contribution in [3.8, 4) is 0 Å². The molecule has 2 rings (SSSR count). The van der Waals surface area contributed by atoms with E-state index >= 15 is 0 Å². The molecule has 0 aliphatic carbocycles. The standard InChI is InChI=1S/C16H22Br2N2O3/c1-16(2,3)23-15(21)20-6-4-11(5-7-20)9-19-10-12-8-13(17)14(18)22-12/h4,8,19H,5-7,9-10H2,1-3H3. The summed E-state index contributed by atoms with van der Waals surface area (Å²) in [7, 11) is 0. The molecule has 0 aromatic carbocycles. The highest BCUT2D eigenvalue weighted by Gasteiger charge is 2.23. The molecule has 0 saturated carbocycles. The maximum atomic E-state index is 12.0. The molecule has 2 heterocycles. The highest BCUT2D eigenvalue weighted by molar-refractivity contribution is 9.13. The van der Waals surface area contributed by atoms with Gasteiger partial charge in [-0.25, -0.2) is 4.79 Å². The van der Waals surface area contributed by atoms with E-state index in [1.165, 1.54) is 5.57 Å². The van der Waals surface area contributed by atoms with Crippen molar-refractivity contribution in [1.82, 2.24) is 10.2 Å². The normalized spacial score (nSPS) is 15.5. The average Bonchev–Trinajstić information content (AvgIpc) is 2.76. The zero-order chi connectivity index (χ0) is 17.0. The first kappa shape index (κ1) is 18.5. The predicted molar refractivity (Wildman–Crippen MR) is 96.3 cm³/mol. The lowest BCUT2D eigenvalue weighted by molar-refractivity contribution is 0.0265. The predicted octanol–water partition coefficient (Wildman–Crippen LogP) is 4.46. The van der Waals surface area contributed by atoms with Crippen LogP contribution in [0.1, 0.15) is 33.0 Å². The summed E-state index contributed by atoms with van der Waals surface area (Å²) in [6.07, 6.45) is 2.71. The molecule has 1 aliphatic rings. The summed E-state index contributed by atoms with van der Waals surface area (Å²) in [5.41, 5.74) is 0.850. The summed E-state index contributed by atoms with van der Waals surface area (Å²) in [6.45, 7) is 8.39. The van der Waals surface area contributed by atoms with Gasteiger partial charge in [-0.15, -0.1) is 0 Å². The van der Waals surface area contributed by atoms with Crippen LogP contribution in [0.3, 0.4) is 0 Å². The molecule has 0 bridgehead atoms. The van der Waals surface area contributed by atoms with Crippen LogP contribution in [0.25, 0.3) is 0 Å². The number of hydrogen-bond acceptors (Lipinski definition) is 4. The first-order valence-electron chi connectivity index (χ1n) is 7.55. The molecule has 0 fully saturated rings. The molecule has 1 N–H and O–H groups in total. The zero-order valence-electron chi connectivity index (χ0n) is 13.6. The minimum absolute atomic E-state index is 0.244. The van der Waals surface area contributed by atoms with Crippen molar-refractivity contribution in [3.63, 3.8) is 0 Å². The van der Waals surface area contributed by atoms with E-state index in [1.807, 2.05) is 26.8 Å². The van der Waals surface area contributed by atoms with E-state index in [4.69, 9.17) is 9.15 Å². The summed E-state index contributed by atoms with van der Waals surface area (Å²) >= 11 is 6.72. The number of amides is 1. The molecule has 0 spiro atoms. The molecule has 1 amide bonds. The fourth-order valence-corrected chi connectivity index (χ4v) is 2.85. The number of carbonyl (C=O) groups is 1. The van der Waals surface area contributed by atoms with Crippen LogP contribution in [-0.2, 0) is 11.3 Å². The van der Waals surface area contributed by atoms with Gasteiger partial charge in [0.1, 0.15) is 11.4 Å². The minimum Gasteiger partial charge on any atom is -0.452 e. The lowest BCUT2D eigenvalue weighted by atomic mass is 10.1. The number of rotatable bonds is 4. The molecular weight excluding hydrogens is 428 g/mol. The Bertz CT molecular complexity index is 571. The van der Waals surface area contributed by atoms with Crippen LogP contribution in [0.2, 0.25) is 0 Å². The Hall–Kier alpha value is -0.790. The van der Waals surface area contributed by atoms with Crippen molar-refractivity contribution in [1.29, 1.82) is 0 Å². The third-order valence-corrected chi connectivity index (χ3v) is 5.01. The van der Waals surface area contributed by atoms with Gasteiger partial charge in [0.15, 0.2) is 4.67 Å². The lowest BCUT2D eigenvalue weighted by Gasteiger charge is -2.29. The number of furan rings is 1. The third-order valence-electron chi connectivity index (χ3n) is 3.30. The quantitative estimate of drug-likeness (QED) is 0.689. The molecule has 7 heteroatoms. The Morgan fingerprint density at radius 1 is 1.39 bits per heavy atom. The molecule has 1 aromatic rings. The fraction of sp³-hybridized carbons (Fsp3) is 0.562. The van der Waals surface area contributed by atoms with E-state index < -0.39 is 5.60 Å². The van der Waals surface area contributed by atoms with Gasteiger partial charge >= 0.3 is 6.09 Å². The minimum atomic E-state index is -0.450. The Kier molecular flexibility index (Phi) is 6.33. The first-order chi connectivity index (χ1) is 10.7. The molecule has 0 saturated heterocycles. The molecule has 0 radical (unpaired) electrons. The Morgan fingerprint density at radius 2 is 2.13 bits per heavy atom. The Balaban J connectivity index is 1.75. The lowest BCUT2D eigenvalue weighted by Crippen LogP contribution is -2.39. The topological polar surface area (TPSA) is 54.7 Å². The van der Waals surface area contributed by atoms with Crippen LogP contribution in [0.5, 0.6) is 0 Å². The van der Waals surface area contributed by atoms with E-state index in [2.05, 4.69) is 43.3 Å². The summed E-state index contributed by atoms with van der Waals surface area (Å²) in [4.78, 5) is 13.7. The highest BCUT2D eigenvalue weighted by Crippen LogP contribution is 2.26. The molecule has 5 nitrogen and oxygen atoms in total. The number of carbonyl (C=O) groups excluding carboxylic acids is 1. The van der Waals surface area contributed by atoms with Crippen LogP contribution < -0.4 is 5.32 Å². The van der Waals surface area contributed by atoms with Gasteiger partial charge in [0.25, 0.3) is 0 Å². The summed E-state index contributed by atoms with van der Waals surface area (Å²) < 4.78 is 12.5. The smallest absolute Gasteiger partial charge is 0.410 e. The van der Waals surface area contributed by atoms with E-state index in [1.54, 1.807) is 4.90 Å². The van der Waals surface area contributed by atoms with Crippen LogP contribution in [0, 0.1) is 0 Å². The molecule has 1 aromatic heterocycles. The van der Waals surface area contributed by atoms with Gasteiger partial charge in [0.05, 0.1) is 11.0 Å². The van der Waals surface area contributed by atoms with Gasteiger partial charge in [-0.3, -0.25) is 0 Å². The molecule has 1 aliphatic heterocycles. The van der Waals surface area contributed by atoms with Crippen LogP contribution in [0.15, 0.2) is 31.3 Å². The van der Waals surface area contributed by atoms with E-state index in [-0.39, 0.29) is 6.09 Å². The molecule has 128 valence electrons. The number of hydrogen-bond donors (Lipinski definition) is 1. The van der Waals surface area contributed by atoms with Crippen LogP contribution in [0.4, 0.5) is 4.79 Å². The molecule has 23 heavy (non-hydrogen) atoms. The van der Waals surface area contributed by atoms with Crippen molar-refractivity contribution in [2.45, 2.75) is 39.3 Å². The third kappa shape index (κ3) is 5.97.